The molecule has 8 heteroatoms. The Morgan fingerprint density at radius 1 is 1.07 bits per heavy atom. The zero-order valence-electron chi connectivity index (χ0n) is 16.4. The highest BCUT2D eigenvalue weighted by atomic mass is 35.5. The van der Waals surface area contributed by atoms with Crippen LogP contribution in [0.4, 0.5) is 11.4 Å². The fourth-order valence-corrected chi connectivity index (χ4v) is 4.31. The lowest BCUT2D eigenvalue weighted by Crippen LogP contribution is -2.52. The highest BCUT2D eigenvalue weighted by Crippen LogP contribution is 2.34. The SMILES string of the molecule is O=C(CN1C[C@H](C(=O)N2CCCCC2)Oc2ccccc21)Nc1ccc(Cl)cc1Cl. The predicted molar refractivity (Wildman–Crippen MR) is 119 cm³/mol. The van der Waals surface area contributed by atoms with Gasteiger partial charge in [-0.1, -0.05) is 35.3 Å². The second-order valence-electron chi connectivity index (χ2n) is 7.51. The van der Waals surface area contributed by atoms with E-state index in [1.54, 1.807) is 18.2 Å². The minimum Gasteiger partial charge on any atom is -0.477 e. The largest absolute Gasteiger partial charge is 0.477 e. The van der Waals surface area contributed by atoms with Crippen molar-refractivity contribution in [2.24, 2.45) is 0 Å². The van der Waals surface area contributed by atoms with E-state index in [9.17, 15) is 9.59 Å². The Morgan fingerprint density at radius 2 is 1.83 bits per heavy atom. The van der Waals surface area contributed by atoms with Gasteiger partial charge in [-0.3, -0.25) is 9.59 Å². The summed E-state index contributed by atoms with van der Waals surface area (Å²) in [5, 5.41) is 3.69. The van der Waals surface area contributed by atoms with Crippen LogP contribution in [0.5, 0.6) is 5.75 Å². The van der Waals surface area contributed by atoms with Crippen LogP contribution in [0, 0.1) is 0 Å². The number of anilines is 2. The van der Waals surface area contributed by atoms with Crippen LogP contribution >= 0.6 is 23.2 Å². The number of likely N-dealkylation sites (tertiary alicyclic amines) is 1. The smallest absolute Gasteiger partial charge is 0.265 e. The van der Waals surface area contributed by atoms with E-state index >= 15 is 0 Å². The number of hydrogen-bond donors (Lipinski definition) is 1. The fraction of sp³-hybridized carbons (Fsp3) is 0.364. The molecular weight excluding hydrogens is 425 g/mol. The van der Waals surface area contributed by atoms with Crippen molar-refractivity contribution in [3.05, 3.63) is 52.5 Å². The third-order valence-corrected chi connectivity index (χ3v) is 5.89. The minimum absolute atomic E-state index is 0.0182. The molecule has 2 aromatic carbocycles. The number of fused-ring (bicyclic) bond motifs is 1. The van der Waals surface area contributed by atoms with Gasteiger partial charge in [0.15, 0.2) is 6.10 Å². The topological polar surface area (TPSA) is 61.9 Å². The maximum atomic E-state index is 13.0. The normalized spacial score (nSPS) is 18.4. The number of nitrogens with one attached hydrogen (secondary N) is 1. The number of benzene rings is 2. The van der Waals surface area contributed by atoms with Crippen LogP contribution in [0.1, 0.15) is 19.3 Å². The van der Waals surface area contributed by atoms with Crippen LogP contribution < -0.4 is 15.0 Å². The van der Waals surface area contributed by atoms with Crippen molar-refractivity contribution in [3.63, 3.8) is 0 Å². The lowest BCUT2D eigenvalue weighted by atomic mass is 10.1. The van der Waals surface area contributed by atoms with Gasteiger partial charge in [0.25, 0.3) is 5.91 Å². The summed E-state index contributed by atoms with van der Waals surface area (Å²) < 4.78 is 6.01. The Hall–Kier alpha value is -2.44. The van der Waals surface area contributed by atoms with E-state index in [1.807, 2.05) is 34.1 Å². The Morgan fingerprint density at radius 3 is 2.60 bits per heavy atom. The molecule has 1 fully saturated rings. The maximum Gasteiger partial charge on any atom is 0.265 e. The predicted octanol–water partition coefficient (Wildman–Crippen LogP) is 4.21. The number of carbonyl (C=O) groups excluding carboxylic acids is 2. The maximum absolute atomic E-state index is 13.0. The molecule has 0 radical (unpaired) electrons. The van der Waals surface area contributed by atoms with Gasteiger partial charge in [-0.25, -0.2) is 0 Å². The second kappa shape index (κ2) is 9.14. The lowest BCUT2D eigenvalue weighted by molar-refractivity contribution is -0.139. The monoisotopic (exact) mass is 447 g/mol. The molecular formula is C22H23Cl2N3O3. The van der Waals surface area contributed by atoms with Crippen molar-refractivity contribution < 1.29 is 14.3 Å². The Kier molecular flexibility index (Phi) is 6.35. The summed E-state index contributed by atoms with van der Waals surface area (Å²) in [5.74, 6) is 0.354. The Labute approximate surface area is 185 Å². The summed E-state index contributed by atoms with van der Waals surface area (Å²) in [4.78, 5) is 29.5. The van der Waals surface area contributed by atoms with Crippen LogP contribution in [0.2, 0.25) is 10.0 Å². The molecule has 4 rings (SSSR count). The summed E-state index contributed by atoms with van der Waals surface area (Å²) in [6, 6.07) is 12.4. The molecule has 2 heterocycles. The molecule has 0 unspecified atom stereocenters. The van der Waals surface area contributed by atoms with Gasteiger partial charge in [0.1, 0.15) is 5.75 Å². The molecule has 158 valence electrons. The molecule has 0 aliphatic carbocycles. The van der Waals surface area contributed by atoms with Gasteiger partial charge in [0.2, 0.25) is 5.91 Å². The molecule has 0 aromatic heterocycles. The van der Waals surface area contributed by atoms with E-state index in [1.165, 1.54) is 0 Å². The average molecular weight is 448 g/mol. The summed E-state index contributed by atoms with van der Waals surface area (Å²) >= 11 is 12.1. The van der Waals surface area contributed by atoms with Crippen molar-refractivity contribution in [1.29, 1.82) is 0 Å². The third-order valence-electron chi connectivity index (χ3n) is 5.34. The van der Waals surface area contributed by atoms with Gasteiger partial charge in [0.05, 0.1) is 29.5 Å². The zero-order chi connectivity index (χ0) is 21.1. The van der Waals surface area contributed by atoms with Crippen LogP contribution in [0.15, 0.2) is 42.5 Å². The van der Waals surface area contributed by atoms with Gasteiger partial charge in [-0.2, -0.15) is 0 Å². The summed E-state index contributed by atoms with van der Waals surface area (Å²) in [5.41, 5.74) is 1.28. The van der Waals surface area contributed by atoms with E-state index in [4.69, 9.17) is 27.9 Å². The standard InChI is InChI=1S/C22H23Cl2N3O3/c23-15-8-9-17(16(24)12-15)25-21(28)14-27-13-20(22(29)26-10-4-1-5-11-26)30-19-7-3-2-6-18(19)27/h2-3,6-9,12,20H,1,4-5,10-11,13-14H2,(H,25,28)/t20-/m1/s1. The van der Waals surface area contributed by atoms with Crippen LogP contribution in [0.25, 0.3) is 0 Å². The molecule has 2 aliphatic heterocycles. The fourth-order valence-electron chi connectivity index (χ4n) is 3.86. The van der Waals surface area contributed by atoms with E-state index in [2.05, 4.69) is 5.32 Å². The number of amides is 2. The number of nitrogens with zero attached hydrogens (tertiary/aromatic N) is 2. The average Bonchev–Trinajstić information content (AvgIpc) is 2.75. The number of ether oxygens (including phenoxy) is 1. The molecule has 1 N–H and O–H groups in total. The van der Waals surface area contributed by atoms with Crippen LogP contribution in [-0.4, -0.2) is 49.0 Å². The van der Waals surface area contributed by atoms with Gasteiger partial charge in [-0.15, -0.1) is 0 Å². The van der Waals surface area contributed by atoms with Crippen molar-refractivity contribution in [2.45, 2.75) is 25.4 Å². The lowest BCUT2D eigenvalue weighted by Gasteiger charge is -2.38. The van der Waals surface area contributed by atoms with Crippen molar-refractivity contribution >= 4 is 46.4 Å². The molecule has 6 nitrogen and oxygen atoms in total. The molecule has 0 spiro atoms. The molecule has 0 bridgehead atoms. The molecule has 30 heavy (non-hydrogen) atoms. The van der Waals surface area contributed by atoms with Crippen molar-refractivity contribution in [2.75, 3.05) is 36.4 Å². The molecule has 1 saturated heterocycles. The quantitative estimate of drug-likeness (QED) is 0.762. The summed E-state index contributed by atoms with van der Waals surface area (Å²) in [7, 11) is 0. The minimum atomic E-state index is -0.634. The van der Waals surface area contributed by atoms with Crippen LogP contribution in [0.3, 0.4) is 0 Å². The first kappa shape index (κ1) is 20.8. The van der Waals surface area contributed by atoms with E-state index < -0.39 is 6.10 Å². The third kappa shape index (κ3) is 4.65. The van der Waals surface area contributed by atoms with E-state index in [0.29, 0.717) is 28.0 Å². The molecule has 1 atom stereocenters. The molecule has 2 amide bonds. The van der Waals surface area contributed by atoms with Gasteiger partial charge in [0, 0.05) is 18.1 Å². The Balaban J connectivity index is 1.49. The number of rotatable bonds is 4. The number of halogens is 2. The second-order valence-corrected chi connectivity index (χ2v) is 8.36. The summed E-state index contributed by atoms with van der Waals surface area (Å²) in [6.07, 6.45) is 2.55. The highest BCUT2D eigenvalue weighted by Gasteiger charge is 2.34. The van der Waals surface area contributed by atoms with Crippen molar-refractivity contribution in [1.82, 2.24) is 4.90 Å². The summed E-state index contributed by atoms with van der Waals surface area (Å²) in [6.45, 7) is 1.91. The highest BCUT2D eigenvalue weighted by molar-refractivity contribution is 6.36. The molecule has 0 saturated carbocycles. The van der Waals surface area contributed by atoms with Gasteiger partial charge >= 0.3 is 0 Å². The van der Waals surface area contributed by atoms with E-state index in [-0.39, 0.29) is 18.4 Å². The number of hydrogen-bond acceptors (Lipinski definition) is 4. The molecule has 2 aromatic rings. The van der Waals surface area contributed by atoms with Gasteiger partial charge < -0.3 is 19.9 Å². The first-order valence-electron chi connectivity index (χ1n) is 10.1. The number of carbonyl (C=O) groups is 2. The van der Waals surface area contributed by atoms with E-state index in [0.717, 1.165) is 38.0 Å². The number of piperidine rings is 1. The number of para-hydroxylation sites is 2. The first-order valence-corrected chi connectivity index (χ1v) is 10.8. The zero-order valence-corrected chi connectivity index (χ0v) is 18.0. The van der Waals surface area contributed by atoms with Gasteiger partial charge in [-0.05, 0) is 49.6 Å². The Bertz CT molecular complexity index is 947. The molecule has 2 aliphatic rings. The first-order chi connectivity index (χ1) is 14.5. The van der Waals surface area contributed by atoms with Crippen LogP contribution in [-0.2, 0) is 9.59 Å². The van der Waals surface area contributed by atoms with Crippen molar-refractivity contribution in [3.8, 4) is 5.75 Å².